The highest BCUT2D eigenvalue weighted by Crippen LogP contribution is 2.32. The zero-order valence-corrected chi connectivity index (χ0v) is 11.8. The molecule has 1 rings (SSSR count). The zero-order chi connectivity index (χ0) is 12.5. The zero-order valence-electron chi connectivity index (χ0n) is 10.8. The van der Waals surface area contributed by atoms with Crippen molar-refractivity contribution in [1.82, 2.24) is 4.90 Å². The minimum Gasteiger partial charge on any atom is -0.316 e. The summed E-state index contributed by atoms with van der Waals surface area (Å²) >= 11 is 0. The van der Waals surface area contributed by atoms with E-state index in [1.807, 2.05) is 6.92 Å². The lowest BCUT2D eigenvalue weighted by molar-refractivity contribution is -0.128. The number of hydrogen-bond donors (Lipinski definition) is 0. The molecule has 0 aromatic carbocycles. The lowest BCUT2D eigenvalue weighted by atomic mass is 10.1. The Balaban J connectivity index is 3.01. The molecule has 0 spiro atoms. The molecule has 0 saturated carbocycles. The summed E-state index contributed by atoms with van der Waals surface area (Å²) in [6, 6.07) is 1.07. The molecule has 90 valence electrons. The number of carbonyl (C=O) groups is 2. The van der Waals surface area contributed by atoms with Crippen molar-refractivity contribution in [2.75, 3.05) is 6.54 Å². The molecule has 1 atom stereocenters. The van der Waals surface area contributed by atoms with Crippen LogP contribution < -0.4 is 0 Å². The van der Waals surface area contributed by atoms with Crippen LogP contribution >= 0.6 is 0 Å². The number of hydrogen-bond acceptors (Lipinski definition) is 2. The summed E-state index contributed by atoms with van der Waals surface area (Å²) in [7, 11) is -1.54. The van der Waals surface area contributed by atoms with E-state index in [0.717, 1.165) is 11.7 Å². The van der Waals surface area contributed by atoms with Gasteiger partial charge in [-0.2, -0.15) is 0 Å². The maximum Gasteiger partial charge on any atom is 0.223 e. The van der Waals surface area contributed by atoms with E-state index in [-0.39, 0.29) is 17.2 Å². The van der Waals surface area contributed by atoms with E-state index in [1.54, 1.807) is 17.9 Å². The monoisotopic (exact) mass is 239 g/mol. The minimum atomic E-state index is -1.54. The van der Waals surface area contributed by atoms with E-state index in [4.69, 9.17) is 0 Å². The molecule has 0 bridgehead atoms. The van der Waals surface area contributed by atoms with Crippen molar-refractivity contribution >= 4 is 19.8 Å². The SMILES string of the molecule is CC[Si](C)(C)C1CN(C(C)=O)C(C)=CC1=O. The Labute approximate surface area is 98.5 Å². The summed E-state index contributed by atoms with van der Waals surface area (Å²) < 4.78 is 0. The Bertz CT molecular complexity index is 347. The molecule has 0 aliphatic carbocycles. The third kappa shape index (κ3) is 2.43. The van der Waals surface area contributed by atoms with Gasteiger partial charge >= 0.3 is 0 Å². The number of allylic oxidation sites excluding steroid dienone is 2. The predicted molar refractivity (Wildman–Crippen MR) is 67.9 cm³/mol. The van der Waals surface area contributed by atoms with Crippen LogP contribution in [0.15, 0.2) is 11.8 Å². The van der Waals surface area contributed by atoms with Crippen LogP contribution in [0, 0.1) is 0 Å². The van der Waals surface area contributed by atoms with E-state index in [9.17, 15) is 9.59 Å². The summed E-state index contributed by atoms with van der Waals surface area (Å²) in [5.74, 6) is 0.251. The maximum atomic E-state index is 12.0. The van der Waals surface area contributed by atoms with Crippen molar-refractivity contribution in [3.8, 4) is 0 Å². The van der Waals surface area contributed by atoms with Gasteiger partial charge in [0.05, 0.1) is 8.07 Å². The minimum absolute atomic E-state index is 0.0344. The standard InChI is InChI=1S/C12H21NO2Si/c1-6-16(4,5)12-8-13(10(3)14)9(2)7-11(12)15/h7,12H,6,8H2,1-5H3. The van der Waals surface area contributed by atoms with Gasteiger partial charge < -0.3 is 4.90 Å². The summed E-state index contributed by atoms with van der Waals surface area (Å²) in [6.45, 7) is 10.6. The fraction of sp³-hybridized carbons (Fsp3) is 0.667. The highest BCUT2D eigenvalue weighted by Gasteiger charge is 2.39. The quantitative estimate of drug-likeness (QED) is 0.694. The third-order valence-electron chi connectivity index (χ3n) is 3.72. The van der Waals surface area contributed by atoms with Crippen LogP contribution in [0.4, 0.5) is 0 Å². The second-order valence-corrected chi connectivity index (χ2v) is 10.6. The van der Waals surface area contributed by atoms with E-state index in [0.29, 0.717) is 6.54 Å². The van der Waals surface area contributed by atoms with Gasteiger partial charge in [0, 0.05) is 30.8 Å². The molecule has 3 nitrogen and oxygen atoms in total. The van der Waals surface area contributed by atoms with Crippen LogP contribution in [-0.2, 0) is 9.59 Å². The van der Waals surface area contributed by atoms with Gasteiger partial charge in [0.2, 0.25) is 5.91 Å². The number of nitrogens with zero attached hydrogens (tertiary/aromatic N) is 1. The fourth-order valence-corrected chi connectivity index (χ4v) is 4.08. The molecular weight excluding hydrogens is 218 g/mol. The molecule has 16 heavy (non-hydrogen) atoms. The first-order chi connectivity index (χ1) is 7.29. The third-order valence-corrected chi connectivity index (χ3v) is 7.90. The molecule has 1 unspecified atom stereocenters. The van der Waals surface area contributed by atoms with Crippen LogP contribution in [-0.4, -0.2) is 31.2 Å². The van der Waals surface area contributed by atoms with Crippen molar-refractivity contribution in [3.05, 3.63) is 11.8 Å². The predicted octanol–water partition coefficient (Wildman–Crippen LogP) is 2.42. The second-order valence-electron chi connectivity index (χ2n) is 5.21. The molecule has 4 heteroatoms. The molecule has 1 heterocycles. The van der Waals surface area contributed by atoms with Gasteiger partial charge in [0.15, 0.2) is 5.78 Å². The Morgan fingerprint density at radius 2 is 2.12 bits per heavy atom. The largest absolute Gasteiger partial charge is 0.316 e. The Hall–Kier alpha value is -0.903. The summed E-state index contributed by atoms with van der Waals surface area (Å²) in [4.78, 5) is 25.2. The molecule has 0 fully saturated rings. The van der Waals surface area contributed by atoms with Gasteiger partial charge in [-0.15, -0.1) is 0 Å². The van der Waals surface area contributed by atoms with Crippen LogP contribution in [0.1, 0.15) is 20.8 Å². The number of rotatable bonds is 2. The molecule has 1 amide bonds. The van der Waals surface area contributed by atoms with Crippen molar-refractivity contribution in [2.24, 2.45) is 0 Å². The van der Waals surface area contributed by atoms with Gasteiger partial charge in [-0.25, -0.2) is 0 Å². The van der Waals surface area contributed by atoms with Crippen LogP contribution in [0.2, 0.25) is 24.7 Å². The van der Waals surface area contributed by atoms with Gasteiger partial charge in [-0.05, 0) is 6.92 Å². The van der Waals surface area contributed by atoms with Gasteiger partial charge in [0.25, 0.3) is 0 Å². The van der Waals surface area contributed by atoms with Crippen molar-refractivity contribution < 1.29 is 9.59 Å². The van der Waals surface area contributed by atoms with Gasteiger partial charge in [-0.1, -0.05) is 26.1 Å². The molecule has 0 aromatic heterocycles. The summed E-state index contributed by atoms with van der Waals surface area (Å²) in [6.07, 6.45) is 1.64. The second kappa shape index (κ2) is 4.53. The highest BCUT2D eigenvalue weighted by molar-refractivity contribution is 6.82. The molecule has 0 aromatic rings. The van der Waals surface area contributed by atoms with Gasteiger partial charge in [0.1, 0.15) is 0 Å². The smallest absolute Gasteiger partial charge is 0.223 e. The molecule has 1 aliphatic rings. The Morgan fingerprint density at radius 3 is 2.56 bits per heavy atom. The van der Waals surface area contributed by atoms with E-state index in [1.165, 1.54) is 0 Å². The normalized spacial score (nSPS) is 22.1. The van der Waals surface area contributed by atoms with Crippen molar-refractivity contribution in [3.63, 3.8) is 0 Å². The molecule has 0 radical (unpaired) electrons. The van der Waals surface area contributed by atoms with Crippen molar-refractivity contribution in [2.45, 2.75) is 45.5 Å². The number of ketones is 1. The first-order valence-corrected chi connectivity index (χ1v) is 9.08. The Kier molecular flexibility index (Phi) is 3.73. The highest BCUT2D eigenvalue weighted by atomic mass is 28.3. The lowest BCUT2D eigenvalue weighted by Crippen LogP contribution is -2.46. The number of carbonyl (C=O) groups excluding carboxylic acids is 2. The average Bonchev–Trinajstić information content (AvgIpc) is 2.16. The first kappa shape index (κ1) is 13.2. The Morgan fingerprint density at radius 1 is 1.56 bits per heavy atom. The van der Waals surface area contributed by atoms with Crippen LogP contribution in [0.3, 0.4) is 0 Å². The average molecular weight is 239 g/mol. The lowest BCUT2D eigenvalue weighted by Gasteiger charge is -2.37. The molecule has 0 N–H and O–H groups in total. The first-order valence-electron chi connectivity index (χ1n) is 5.80. The number of amides is 1. The van der Waals surface area contributed by atoms with E-state index < -0.39 is 8.07 Å². The maximum absolute atomic E-state index is 12.0. The summed E-state index contributed by atoms with van der Waals surface area (Å²) in [5.41, 5.74) is 0.847. The van der Waals surface area contributed by atoms with E-state index in [2.05, 4.69) is 20.0 Å². The fourth-order valence-electron chi connectivity index (χ4n) is 2.06. The van der Waals surface area contributed by atoms with E-state index >= 15 is 0 Å². The molecular formula is C12H21NO2Si. The molecule has 1 aliphatic heterocycles. The van der Waals surface area contributed by atoms with Crippen molar-refractivity contribution in [1.29, 1.82) is 0 Å². The summed E-state index contributed by atoms with van der Waals surface area (Å²) in [5, 5.41) is 0. The van der Waals surface area contributed by atoms with Crippen LogP contribution in [0.25, 0.3) is 0 Å². The molecule has 0 saturated heterocycles. The van der Waals surface area contributed by atoms with Gasteiger partial charge in [-0.3, -0.25) is 9.59 Å². The topological polar surface area (TPSA) is 37.4 Å². The van der Waals surface area contributed by atoms with Crippen LogP contribution in [0.5, 0.6) is 0 Å².